The molecule has 0 saturated carbocycles. The number of esters is 1. The van der Waals surface area contributed by atoms with Crippen molar-refractivity contribution in [2.24, 2.45) is 0 Å². The second-order valence-corrected chi connectivity index (χ2v) is 3.54. The summed E-state index contributed by atoms with van der Waals surface area (Å²) in [5.41, 5.74) is -0.475. The molecule has 1 aromatic rings. The largest absolute Gasteiger partial charge is 0.477 e. The molecule has 0 spiro atoms. The van der Waals surface area contributed by atoms with Crippen molar-refractivity contribution in [1.82, 2.24) is 0 Å². The number of nitrogens with zero attached hydrogens (tertiary/aromatic N) is 1. The third-order valence-electron chi connectivity index (χ3n) is 2.17. The van der Waals surface area contributed by atoms with Crippen molar-refractivity contribution >= 4 is 23.3 Å². The number of benzene rings is 1. The number of hydrogen-bond donors (Lipinski definition) is 2. The van der Waals surface area contributed by atoms with Crippen LogP contribution in [-0.2, 0) is 14.3 Å². The van der Waals surface area contributed by atoms with Crippen LogP contribution in [0.5, 0.6) is 0 Å². The maximum Gasteiger partial charge on any atom is 0.347 e. The predicted molar refractivity (Wildman–Crippen MR) is 69.1 cm³/mol. The van der Waals surface area contributed by atoms with Crippen molar-refractivity contribution in [2.75, 3.05) is 11.9 Å². The molecule has 0 fully saturated rings. The number of non-ortho nitro benzene ring substituents is 1. The Kier molecular flexibility index (Phi) is 5.21. The summed E-state index contributed by atoms with van der Waals surface area (Å²) in [5, 5.41) is 22.0. The molecule has 0 radical (unpaired) electrons. The quantitative estimate of drug-likeness (QED) is 0.202. The van der Waals surface area contributed by atoms with E-state index in [2.05, 4.69) is 10.1 Å². The van der Waals surface area contributed by atoms with E-state index in [9.17, 15) is 19.7 Å². The van der Waals surface area contributed by atoms with Crippen LogP contribution in [0.1, 0.15) is 6.92 Å². The van der Waals surface area contributed by atoms with E-state index in [0.717, 1.165) is 6.20 Å². The Balaban J connectivity index is 2.92. The Morgan fingerprint density at radius 2 is 2.20 bits per heavy atom. The van der Waals surface area contributed by atoms with Gasteiger partial charge in [-0.3, -0.25) is 10.1 Å². The molecule has 0 heterocycles. The SMILES string of the molecule is CCOC(=O)/C(=C/Nc1cccc([N+](=O)[O-])c1)C(=O)O. The molecule has 0 aromatic heterocycles. The average Bonchev–Trinajstić information content (AvgIpc) is 2.39. The van der Waals surface area contributed by atoms with Crippen LogP contribution >= 0.6 is 0 Å². The van der Waals surface area contributed by atoms with Gasteiger partial charge in [0, 0.05) is 24.0 Å². The van der Waals surface area contributed by atoms with Crippen LogP contribution in [-0.4, -0.2) is 28.6 Å². The van der Waals surface area contributed by atoms with E-state index in [1.807, 2.05) is 0 Å². The van der Waals surface area contributed by atoms with Crippen LogP contribution < -0.4 is 5.32 Å². The van der Waals surface area contributed by atoms with Crippen molar-refractivity contribution in [3.63, 3.8) is 0 Å². The number of nitro groups is 1. The molecule has 20 heavy (non-hydrogen) atoms. The number of carbonyl (C=O) groups excluding carboxylic acids is 1. The van der Waals surface area contributed by atoms with Crippen LogP contribution in [0, 0.1) is 10.1 Å². The standard InChI is InChI=1S/C12H12N2O6/c1-2-20-12(17)10(11(15)16)7-13-8-4-3-5-9(6-8)14(18)19/h3-7,13H,2H2,1H3,(H,15,16)/b10-7+. The molecular weight excluding hydrogens is 268 g/mol. The Hall–Kier alpha value is -2.90. The summed E-state index contributed by atoms with van der Waals surface area (Å²) in [6, 6.07) is 5.42. The first-order valence-electron chi connectivity index (χ1n) is 5.57. The Bertz CT molecular complexity index is 567. The molecule has 0 saturated heterocycles. The van der Waals surface area contributed by atoms with E-state index in [1.165, 1.54) is 24.3 Å². The van der Waals surface area contributed by atoms with Gasteiger partial charge in [-0.1, -0.05) is 6.07 Å². The first-order valence-corrected chi connectivity index (χ1v) is 5.57. The Labute approximate surface area is 113 Å². The maximum absolute atomic E-state index is 11.4. The summed E-state index contributed by atoms with van der Waals surface area (Å²) in [5.74, 6) is -2.45. The summed E-state index contributed by atoms with van der Waals surface area (Å²) >= 11 is 0. The lowest BCUT2D eigenvalue weighted by Crippen LogP contribution is -2.16. The van der Waals surface area contributed by atoms with Crippen LogP contribution in [0.4, 0.5) is 11.4 Å². The fourth-order valence-corrected chi connectivity index (χ4v) is 1.28. The summed E-state index contributed by atoms with van der Waals surface area (Å²) in [4.78, 5) is 32.3. The summed E-state index contributed by atoms with van der Waals surface area (Å²) in [6.07, 6.45) is 0.930. The van der Waals surface area contributed by atoms with E-state index in [-0.39, 0.29) is 18.0 Å². The van der Waals surface area contributed by atoms with Crippen LogP contribution in [0.25, 0.3) is 0 Å². The molecule has 0 bridgehead atoms. The molecule has 0 unspecified atom stereocenters. The van der Waals surface area contributed by atoms with Gasteiger partial charge in [-0.25, -0.2) is 9.59 Å². The highest BCUT2D eigenvalue weighted by molar-refractivity contribution is 6.13. The number of carboxylic acids is 1. The monoisotopic (exact) mass is 280 g/mol. The van der Waals surface area contributed by atoms with Gasteiger partial charge in [0.1, 0.15) is 0 Å². The topological polar surface area (TPSA) is 119 Å². The average molecular weight is 280 g/mol. The molecule has 0 atom stereocenters. The molecular formula is C12H12N2O6. The van der Waals surface area contributed by atoms with Crippen molar-refractivity contribution in [2.45, 2.75) is 6.92 Å². The lowest BCUT2D eigenvalue weighted by molar-refractivity contribution is -0.384. The lowest BCUT2D eigenvalue weighted by atomic mass is 10.2. The van der Waals surface area contributed by atoms with Crippen molar-refractivity contribution in [1.29, 1.82) is 0 Å². The van der Waals surface area contributed by atoms with E-state index in [1.54, 1.807) is 6.92 Å². The van der Waals surface area contributed by atoms with E-state index in [4.69, 9.17) is 5.11 Å². The summed E-state index contributed by atoms with van der Waals surface area (Å²) in [6.45, 7) is 1.59. The number of nitro benzene ring substituents is 1. The Morgan fingerprint density at radius 3 is 2.75 bits per heavy atom. The van der Waals surface area contributed by atoms with Crippen molar-refractivity contribution in [3.05, 3.63) is 46.2 Å². The highest BCUT2D eigenvalue weighted by atomic mass is 16.6. The highest BCUT2D eigenvalue weighted by Gasteiger charge is 2.18. The van der Waals surface area contributed by atoms with Gasteiger partial charge in [-0.05, 0) is 13.0 Å². The fraction of sp³-hybridized carbons (Fsp3) is 0.167. The van der Waals surface area contributed by atoms with Gasteiger partial charge in [-0.2, -0.15) is 0 Å². The number of carbonyl (C=O) groups is 2. The molecule has 0 aliphatic carbocycles. The van der Waals surface area contributed by atoms with E-state index < -0.39 is 22.4 Å². The first-order chi connectivity index (χ1) is 9.45. The second-order valence-electron chi connectivity index (χ2n) is 3.54. The van der Waals surface area contributed by atoms with Gasteiger partial charge in [0.15, 0.2) is 5.57 Å². The van der Waals surface area contributed by atoms with Crippen molar-refractivity contribution < 1.29 is 24.4 Å². The van der Waals surface area contributed by atoms with Gasteiger partial charge in [0.2, 0.25) is 0 Å². The normalized spacial score (nSPS) is 10.8. The van der Waals surface area contributed by atoms with Crippen LogP contribution in [0.15, 0.2) is 36.0 Å². The number of hydrogen-bond acceptors (Lipinski definition) is 6. The molecule has 0 amide bonds. The van der Waals surface area contributed by atoms with Crippen LogP contribution in [0.2, 0.25) is 0 Å². The molecule has 1 aromatic carbocycles. The summed E-state index contributed by atoms with van der Waals surface area (Å²) < 4.78 is 4.58. The predicted octanol–water partition coefficient (Wildman–Crippen LogP) is 1.54. The van der Waals surface area contributed by atoms with E-state index >= 15 is 0 Å². The maximum atomic E-state index is 11.4. The van der Waals surface area contributed by atoms with Gasteiger partial charge in [0.25, 0.3) is 5.69 Å². The van der Waals surface area contributed by atoms with E-state index in [0.29, 0.717) is 0 Å². The third-order valence-corrected chi connectivity index (χ3v) is 2.17. The molecule has 8 nitrogen and oxygen atoms in total. The zero-order valence-corrected chi connectivity index (χ0v) is 10.5. The highest BCUT2D eigenvalue weighted by Crippen LogP contribution is 2.17. The zero-order valence-electron chi connectivity index (χ0n) is 10.5. The smallest absolute Gasteiger partial charge is 0.347 e. The van der Waals surface area contributed by atoms with Gasteiger partial charge in [0.05, 0.1) is 11.5 Å². The molecule has 0 aliphatic rings. The minimum absolute atomic E-state index is 0.0419. The lowest BCUT2D eigenvalue weighted by Gasteiger charge is -2.04. The molecule has 2 N–H and O–H groups in total. The van der Waals surface area contributed by atoms with Gasteiger partial charge < -0.3 is 15.2 Å². The minimum atomic E-state index is -1.46. The zero-order chi connectivity index (χ0) is 15.1. The third kappa shape index (κ3) is 4.09. The first kappa shape index (κ1) is 15.2. The minimum Gasteiger partial charge on any atom is -0.477 e. The number of aliphatic carboxylic acids is 1. The molecule has 106 valence electrons. The van der Waals surface area contributed by atoms with Crippen LogP contribution in [0.3, 0.4) is 0 Å². The fourth-order valence-electron chi connectivity index (χ4n) is 1.28. The number of nitrogens with one attached hydrogen (secondary N) is 1. The number of rotatable bonds is 6. The number of carboxylic acid groups (broad SMARTS) is 1. The number of anilines is 1. The van der Waals surface area contributed by atoms with Gasteiger partial charge in [-0.15, -0.1) is 0 Å². The molecule has 1 rings (SSSR count). The summed E-state index contributed by atoms with van der Waals surface area (Å²) in [7, 11) is 0. The Morgan fingerprint density at radius 1 is 1.50 bits per heavy atom. The molecule has 8 heteroatoms. The van der Waals surface area contributed by atoms with Gasteiger partial charge >= 0.3 is 11.9 Å². The second kappa shape index (κ2) is 6.88. The number of ether oxygens (including phenoxy) is 1. The van der Waals surface area contributed by atoms with Crippen molar-refractivity contribution in [3.8, 4) is 0 Å². The molecule has 0 aliphatic heterocycles.